The molecule has 0 fully saturated rings. The topological polar surface area (TPSA) is 114 Å². The summed E-state index contributed by atoms with van der Waals surface area (Å²) in [6.45, 7) is 0. The molecule has 0 aliphatic carbocycles. The highest BCUT2D eigenvalue weighted by Crippen LogP contribution is 2.24. The Labute approximate surface area is 130 Å². The van der Waals surface area contributed by atoms with Crippen LogP contribution < -0.4 is 9.61 Å². The van der Waals surface area contributed by atoms with Crippen molar-refractivity contribution in [1.82, 2.24) is 0 Å². The van der Waals surface area contributed by atoms with E-state index in [4.69, 9.17) is 8.97 Å². The SMILES string of the molecule is O=c1c(-c2ccc(O)cc2)coc2cc(OS(=O)(=O)O)ccc12. The second-order valence-corrected chi connectivity index (χ2v) is 5.72. The predicted molar refractivity (Wildman–Crippen MR) is 81.8 cm³/mol. The summed E-state index contributed by atoms with van der Waals surface area (Å²) in [6.07, 6.45) is 1.23. The fraction of sp³-hybridized carbons (Fsp3) is 0. The fourth-order valence-electron chi connectivity index (χ4n) is 2.12. The van der Waals surface area contributed by atoms with Gasteiger partial charge in [0.2, 0.25) is 0 Å². The third kappa shape index (κ3) is 3.17. The highest BCUT2D eigenvalue weighted by molar-refractivity contribution is 7.81. The molecule has 0 spiro atoms. The molecule has 3 rings (SSSR count). The van der Waals surface area contributed by atoms with E-state index in [9.17, 15) is 18.3 Å². The van der Waals surface area contributed by atoms with Gasteiger partial charge in [-0.05, 0) is 29.8 Å². The zero-order chi connectivity index (χ0) is 16.6. The van der Waals surface area contributed by atoms with Crippen LogP contribution in [0.3, 0.4) is 0 Å². The van der Waals surface area contributed by atoms with Gasteiger partial charge < -0.3 is 13.7 Å². The summed E-state index contributed by atoms with van der Waals surface area (Å²) in [5.41, 5.74) is 0.645. The van der Waals surface area contributed by atoms with Crippen molar-refractivity contribution in [2.45, 2.75) is 0 Å². The minimum absolute atomic E-state index is 0.0749. The highest BCUT2D eigenvalue weighted by Gasteiger charge is 2.12. The molecule has 0 saturated carbocycles. The first kappa shape index (κ1) is 15.1. The zero-order valence-electron chi connectivity index (χ0n) is 11.5. The van der Waals surface area contributed by atoms with Crippen LogP contribution in [0.4, 0.5) is 0 Å². The van der Waals surface area contributed by atoms with E-state index in [2.05, 4.69) is 4.18 Å². The van der Waals surface area contributed by atoms with Gasteiger partial charge >= 0.3 is 10.4 Å². The van der Waals surface area contributed by atoms with E-state index < -0.39 is 10.4 Å². The van der Waals surface area contributed by atoms with E-state index in [-0.39, 0.29) is 27.9 Å². The Morgan fingerprint density at radius 1 is 1.04 bits per heavy atom. The lowest BCUT2D eigenvalue weighted by atomic mass is 10.1. The second kappa shape index (κ2) is 5.41. The van der Waals surface area contributed by atoms with E-state index in [0.717, 1.165) is 0 Å². The van der Waals surface area contributed by atoms with Gasteiger partial charge in [-0.1, -0.05) is 12.1 Å². The smallest absolute Gasteiger partial charge is 0.446 e. The Bertz CT molecular complexity index is 1030. The molecule has 0 aliphatic heterocycles. The predicted octanol–water partition coefficient (Wildman–Crippen LogP) is 2.35. The van der Waals surface area contributed by atoms with Crippen molar-refractivity contribution in [3.8, 4) is 22.6 Å². The number of fused-ring (bicyclic) bond motifs is 1. The molecule has 23 heavy (non-hydrogen) atoms. The van der Waals surface area contributed by atoms with Gasteiger partial charge in [-0.3, -0.25) is 9.35 Å². The van der Waals surface area contributed by atoms with E-state index in [1.807, 2.05) is 0 Å². The molecule has 0 unspecified atom stereocenters. The van der Waals surface area contributed by atoms with Crippen molar-refractivity contribution in [2.24, 2.45) is 0 Å². The maximum atomic E-state index is 12.5. The van der Waals surface area contributed by atoms with Crippen molar-refractivity contribution in [2.75, 3.05) is 0 Å². The van der Waals surface area contributed by atoms with Gasteiger partial charge in [0.05, 0.1) is 10.9 Å². The third-order valence-electron chi connectivity index (χ3n) is 3.13. The minimum atomic E-state index is -4.65. The standard InChI is InChI=1S/C15H10O7S/c16-10-3-1-9(2-4-10)13-8-21-14-7-11(22-23(18,19)20)5-6-12(14)15(13)17/h1-8,16H,(H,18,19,20). The van der Waals surface area contributed by atoms with E-state index in [1.54, 1.807) is 12.1 Å². The van der Waals surface area contributed by atoms with Gasteiger partial charge in [0.25, 0.3) is 0 Å². The molecule has 2 N–H and O–H groups in total. The largest absolute Gasteiger partial charge is 0.508 e. The number of phenolic OH excluding ortho intramolecular Hbond substituents is 1. The average Bonchev–Trinajstić information content (AvgIpc) is 2.47. The average molecular weight is 334 g/mol. The molecular formula is C15H10O7S. The Kier molecular flexibility index (Phi) is 3.55. The van der Waals surface area contributed by atoms with Gasteiger partial charge in [-0.2, -0.15) is 8.42 Å². The van der Waals surface area contributed by atoms with Crippen LogP contribution in [0.2, 0.25) is 0 Å². The van der Waals surface area contributed by atoms with Crippen molar-refractivity contribution >= 4 is 21.4 Å². The van der Waals surface area contributed by atoms with Gasteiger partial charge in [0.15, 0.2) is 5.43 Å². The van der Waals surface area contributed by atoms with Gasteiger partial charge in [-0.25, -0.2) is 0 Å². The van der Waals surface area contributed by atoms with E-state index in [0.29, 0.717) is 11.1 Å². The van der Waals surface area contributed by atoms with E-state index in [1.165, 1.54) is 36.6 Å². The molecule has 0 bridgehead atoms. The number of hydrogen-bond donors (Lipinski definition) is 2. The molecule has 0 radical (unpaired) electrons. The lowest BCUT2D eigenvalue weighted by Crippen LogP contribution is -2.08. The number of aromatic hydroxyl groups is 1. The normalized spacial score (nSPS) is 11.5. The number of rotatable bonds is 3. The molecule has 118 valence electrons. The molecular weight excluding hydrogens is 324 g/mol. The number of benzene rings is 2. The molecule has 2 aromatic carbocycles. The molecule has 8 heteroatoms. The highest BCUT2D eigenvalue weighted by atomic mass is 32.3. The second-order valence-electron chi connectivity index (χ2n) is 4.69. The van der Waals surface area contributed by atoms with Crippen molar-refractivity contribution in [1.29, 1.82) is 0 Å². The fourth-order valence-corrected chi connectivity index (χ4v) is 2.47. The molecule has 1 aromatic heterocycles. The summed E-state index contributed by atoms with van der Waals surface area (Å²) in [7, 11) is -4.65. The van der Waals surface area contributed by atoms with Crippen molar-refractivity contribution < 1.29 is 26.7 Å². The molecule has 0 saturated heterocycles. The molecule has 7 nitrogen and oxygen atoms in total. The molecule has 0 amide bonds. The zero-order valence-corrected chi connectivity index (χ0v) is 12.3. The van der Waals surface area contributed by atoms with E-state index >= 15 is 0 Å². The van der Waals surface area contributed by atoms with Crippen LogP contribution in [0.15, 0.2) is 57.9 Å². The molecule has 3 aromatic rings. The Morgan fingerprint density at radius 3 is 2.39 bits per heavy atom. The van der Waals surface area contributed by atoms with Gasteiger partial charge in [0.1, 0.15) is 23.3 Å². The lowest BCUT2D eigenvalue weighted by Gasteiger charge is -2.05. The molecule has 0 atom stereocenters. The van der Waals surface area contributed by atoms with Crippen LogP contribution >= 0.6 is 0 Å². The van der Waals surface area contributed by atoms with Crippen LogP contribution in [0, 0.1) is 0 Å². The summed E-state index contributed by atoms with van der Waals surface area (Å²) in [5, 5.41) is 9.50. The van der Waals surface area contributed by atoms with Gasteiger partial charge in [-0.15, -0.1) is 0 Å². The summed E-state index contributed by atoms with van der Waals surface area (Å²) in [6, 6.07) is 9.79. The quantitative estimate of drug-likeness (QED) is 0.707. The monoisotopic (exact) mass is 334 g/mol. The summed E-state index contributed by atoms with van der Waals surface area (Å²) >= 11 is 0. The minimum Gasteiger partial charge on any atom is -0.508 e. The number of phenols is 1. The summed E-state index contributed by atoms with van der Waals surface area (Å²) in [5.74, 6) is -0.105. The Balaban J connectivity index is 2.11. The first-order chi connectivity index (χ1) is 10.8. The first-order valence-electron chi connectivity index (χ1n) is 6.35. The van der Waals surface area contributed by atoms with Crippen LogP contribution in [0.1, 0.15) is 0 Å². The van der Waals surface area contributed by atoms with Gasteiger partial charge in [0, 0.05) is 6.07 Å². The lowest BCUT2D eigenvalue weighted by molar-refractivity contribution is 0.387. The maximum absolute atomic E-state index is 12.5. The van der Waals surface area contributed by atoms with Crippen LogP contribution in [0.5, 0.6) is 11.5 Å². The Hall–Kier alpha value is -2.84. The summed E-state index contributed by atoms with van der Waals surface area (Å²) in [4.78, 5) is 12.5. The Morgan fingerprint density at radius 2 is 1.74 bits per heavy atom. The van der Waals surface area contributed by atoms with Crippen LogP contribution in [-0.4, -0.2) is 18.1 Å². The van der Waals surface area contributed by atoms with Crippen LogP contribution in [-0.2, 0) is 10.4 Å². The maximum Gasteiger partial charge on any atom is 0.446 e. The third-order valence-corrected chi connectivity index (χ3v) is 3.53. The van der Waals surface area contributed by atoms with Crippen molar-refractivity contribution in [3.63, 3.8) is 0 Å². The molecule has 1 heterocycles. The summed E-state index contributed by atoms with van der Waals surface area (Å²) < 4.78 is 39.7. The van der Waals surface area contributed by atoms with Crippen LogP contribution in [0.25, 0.3) is 22.1 Å². The first-order valence-corrected chi connectivity index (χ1v) is 7.72. The molecule has 0 aliphatic rings. The van der Waals surface area contributed by atoms with Crippen molar-refractivity contribution in [3.05, 3.63) is 59.0 Å². The number of hydrogen-bond acceptors (Lipinski definition) is 6.